The maximum atomic E-state index is 5.45. The molecule has 4 heteroatoms. The van der Waals surface area contributed by atoms with Crippen LogP contribution in [0.1, 0.15) is 44.7 Å². The second kappa shape index (κ2) is 5.65. The molecule has 1 aromatic heterocycles. The summed E-state index contributed by atoms with van der Waals surface area (Å²) >= 11 is 0. The first-order valence-electron chi connectivity index (χ1n) is 6.55. The second-order valence-electron chi connectivity index (χ2n) is 5.08. The molecule has 17 heavy (non-hydrogen) atoms. The summed E-state index contributed by atoms with van der Waals surface area (Å²) in [6, 6.07) is 0.373. The molecule has 0 amide bonds. The lowest BCUT2D eigenvalue weighted by atomic mass is 10.0. The zero-order chi connectivity index (χ0) is 12.1. The molecule has 2 rings (SSSR count). The first kappa shape index (κ1) is 12.6. The van der Waals surface area contributed by atoms with Crippen LogP contribution in [0.3, 0.4) is 0 Å². The molecule has 1 saturated carbocycles. The van der Waals surface area contributed by atoms with Gasteiger partial charge >= 0.3 is 0 Å². The van der Waals surface area contributed by atoms with Crippen molar-refractivity contribution in [2.24, 2.45) is 5.41 Å². The van der Waals surface area contributed by atoms with E-state index in [-0.39, 0.29) is 0 Å². The van der Waals surface area contributed by atoms with Crippen molar-refractivity contribution in [1.82, 2.24) is 15.5 Å². The van der Waals surface area contributed by atoms with Gasteiger partial charge in [-0.05, 0) is 38.5 Å². The van der Waals surface area contributed by atoms with Crippen molar-refractivity contribution in [3.8, 4) is 0 Å². The van der Waals surface area contributed by atoms with E-state index >= 15 is 0 Å². The predicted molar refractivity (Wildman–Crippen MR) is 67.8 cm³/mol. The molecule has 0 aliphatic heterocycles. The van der Waals surface area contributed by atoms with Gasteiger partial charge in [0.15, 0.2) is 0 Å². The van der Waals surface area contributed by atoms with Crippen LogP contribution in [-0.2, 0) is 4.74 Å². The Morgan fingerprint density at radius 2 is 2.41 bits per heavy atom. The van der Waals surface area contributed by atoms with Crippen LogP contribution in [0.25, 0.3) is 0 Å². The lowest BCUT2D eigenvalue weighted by Gasteiger charge is -2.19. The SMILES string of the molecule is CCOCCC1(CN[C@H](C)c2cn[nH]c2)CC1. The first-order valence-corrected chi connectivity index (χ1v) is 6.55. The fourth-order valence-corrected chi connectivity index (χ4v) is 2.11. The molecule has 1 aliphatic rings. The molecule has 0 saturated heterocycles. The van der Waals surface area contributed by atoms with Crippen LogP contribution in [0, 0.1) is 5.41 Å². The third-order valence-electron chi connectivity index (χ3n) is 3.74. The summed E-state index contributed by atoms with van der Waals surface area (Å²) in [5, 5.41) is 10.4. The number of H-pyrrole nitrogens is 1. The summed E-state index contributed by atoms with van der Waals surface area (Å²) in [4.78, 5) is 0. The van der Waals surface area contributed by atoms with Crippen molar-refractivity contribution < 1.29 is 4.74 Å². The smallest absolute Gasteiger partial charge is 0.0534 e. The number of nitrogens with one attached hydrogen (secondary N) is 2. The quantitative estimate of drug-likeness (QED) is 0.682. The lowest BCUT2D eigenvalue weighted by Crippen LogP contribution is -2.27. The van der Waals surface area contributed by atoms with Crippen LogP contribution in [0.5, 0.6) is 0 Å². The largest absolute Gasteiger partial charge is 0.382 e. The molecular formula is C13H23N3O. The number of hydrogen-bond acceptors (Lipinski definition) is 3. The van der Waals surface area contributed by atoms with Crippen molar-refractivity contribution in [3.63, 3.8) is 0 Å². The minimum Gasteiger partial charge on any atom is -0.382 e. The highest BCUT2D eigenvalue weighted by molar-refractivity contribution is 5.08. The van der Waals surface area contributed by atoms with Gasteiger partial charge in [0.25, 0.3) is 0 Å². The Hall–Kier alpha value is -0.870. The fourth-order valence-electron chi connectivity index (χ4n) is 2.11. The summed E-state index contributed by atoms with van der Waals surface area (Å²) in [5.41, 5.74) is 1.73. The number of aromatic nitrogens is 2. The van der Waals surface area contributed by atoms with Gasteiger partial charge in [0, 0.05) is 37.6 Å². The van der Waals surface area contributed by atoms with Gasteiger partial charge in [-0.3, -0.25) is 5.10 Å². The summed E-state index contributed by atoms with van der Waals surface area (Å²) in [5.74, 6) is 0. The lowest BCUT2D eigenvalue weighted by molar-refractivity contribution is 0.127. The van der Waals surface area contributed by atoms with E-state index in [9.17, 15) is 0 Å². The molecule has 96 valence electrons. The van der Waals surface area contributed by atoms with Gasteiger partial charge in [-0.15, -0.1) is 0 Å². The molecule has 0 radical (unpaired) electrons. The van der Waals surface area contributed by atoms with Gasteiger partial charge < -0.3 is 10.1 Å². The van der Waals surface area contributed by atoms with Crippen LogP contribution < -0.4 is 5.32 Å². The zero-order valence-electron chi connectivity index (χ0n) is 10.8. The van der Waals surface area contributed by atoms with E-state index in [0.717, 1.165) is 19.8 Å². The average molecular weight is 237 g/mol. The molecule has 1 heterocycles. The Balaban J connectivity index is 1.70. The van der Waals surface area contributed by atoms with Crippen LogP contribution in [0.4, 0.5) is 0 Å². The highest BCUT2D eigenvalue weighted by Crippen LogP contribution is 2.48. The van der Waals surface area contributed by atoms with Crippen LogP contribution in [-0.4, -0.2) is 30.0 Å². The standard InChI is InChI=1S/C13H23N3O/c1-3-17-7-6-13(4-5-13)10-14-11(2)12-8-15-16-9-12/h8-9,11,14H,3-7,10H2,1-2H3,(H,15,16)/t11-/m1/s1. The van der Waals surface area contributed by atoms with E-state index in [2.05, 4.69) is 29.4 Å². The molecule has 0 unspecified atom stereocenters. The monoisotopic (exact) mass is 237 g/mol. The number of ether oxygens (including phenoxy) is 1. The van der Waals surface area contributed by atoms with E-state index < -0.39 is 0 Å². The van der Waals surface area contributed by atoms with Gasteiger partial charge in [-0.1, -0.05) is 0 Å². The number of rotatable bonds is 8. The second-order valence-corrected chi connectivity index (χ2v) is 5.08. The van der Waals surface area contributed by atoms with Crippen LogP contribution in [0.2, 0.25) is 0 Å². The average Bonchev–Trinajstić information content (AvgIpc) is 2.90. The van der Waals surface area contributed by atoms with Crippen molar-refractivity contribution in [2.75, 3.05) is 19.8 Å². The first-order chi connectivity index (χ1) is 8.26. The maximum absolute atomic E-state index is 5.45. The van der Waals surface area contributed by atoms with E-state index in [1.807, 2.05) is 12.4 Å². The van der Waals surface area contributed by atoms with Crippen molar-refractivity contribution in [3.05, 3.63) is 18.0 Å². The minimum atomic E-state index is 0.373. The molecule has 2 N–H and O–H groups in total. The molecule has 1 atom stereocenters. The molecule has 1 aromatic rings. The Morgan fingerprint density at radius 1 is 1.59 bits per heavy atom. The van der Waals surface area contributed by atoms with Gasteiger partial charge in [-0.2, -0.15) is 5.10 Å². The van der Waals surface area contributed by atoms with E-state index in [1.54, 1.807) is 0 Å². The Kier molecular flexibility index (Phi) is 4.18. The molecule has 1 fully saturated rings. The minimum absolute atomic E-state index is 0.373. The summed E-state index contributed by atoms with van der Waals surface area (Å²) in [7, 11) is 0. The zero-order valence-corrected chi connectivity index (χ0v) is 10.8. The van der Waals surface area contributed by atoms with E-state index in [0.29, 0.717) is 11.5 Å². The third-order valence-corrected chi connectivity index (χ3v) is 3.74. The fraction of sp³-hybridized carbons (Fsp3) is 0.769. The normalized spacial score (nSPS) is 19.2. The predicted octanol–water partition coefficient (Wildman–Crippen LogP) is 2.27. The molecule has 0 bridgehead atoms. The van der Waals surface area contributed by atoms with Gasteiger partial charge in [0.1, 0.15) is 0 Å². The molecule has 0 aromatic carbocycles. The summed E-state index contributed by atoms with van der Waals surface area (Å²) < 4.78 is 5.45. The van der Waals surface area contributed by atoms with Crippen molar-refractivity contribution >= 4 is 0 Å². The molecule has 0 spiro atoms. The summed E-state index contributed by atoms with van der Waals surface area (Å²) in [6.45, 7) is 7.06. The molecule has 1 aliphatic carbocycles. The Bertz CT molecular complexity index is 319. The van der Waals surface area contributed by atoms with Gasteiger partial charge in [-0.25, -0.2) is 0 Å². The van der Waals surface area contributed by atoms with Gasteiger partial charge in [0.2, 0.25) is 0 Å². The number of aromatic amines is 1. The Morgan fingerprint density at radius 3 is 3.00 bits per heavy atom. The van der Waals surface area contributed by atoms with E-state index in [4.69, 9.17) is 4.74 Å². The maximum Gasteiger partial charge on any atom is 0.0534 e. The van der Waals surface area contributed by atoms with Crippen molar-refractivity contribution in [2.45, 2.75) is 39.2 Å². The topological polar surface area (TPSA) is 49.9 Å². The third kappa shape index (κ3) is 3.54. The van der Waals surface area contributed by atoms with Gasteiger partial charge in [0.05, 0.1) is 6.20 Å². The molecular weight excluding hydrogens is 214 g/mol. The molecule has 4 nitrogen and oxygen atoms in total. The van der Waals surface area contributed by atoms with Crippen LogP contribution >= 0.6 is 0 Å². The number of hydrogen-bond donors (Lipinski definition) is 2. The summed E-state index contributed by atoms with van der Waals surface area (Å²) in [6.07, 6.45) is 7.71. The van der Waals surface area contributed by atoms with E-state index in [1.165, 1.54) is 24.8 Å². The highest BCUT2D eigenvalue weighted by Gasteiger charge is 2.41. The Labute approximate surface area is 103 Å². The van der Waals surface area contributed by atoms with Crippen LogP contribution in [0.15, 0.2) is 12.4 Å². The van der Waals surface area contributed by atoms with Crippen molar-refractivity contribution in [1.29, 1.82) is 0 Å². The highest BCUT2D eigenvalue weighted by atomic mass is 16.5. The number of nitrogens with zero attached hydrogens (tertiary/aromatic N) is 1.